The van der Waals surface area contributed by atoms with Crippen LogP contribution in [0.15, 0.2) is 24.3 Å². The van der Waals surface area contributed by atoms with Crippen molar-refractivity contribution in [2.45, 2.75) is 52.7 Å². The van der Waals surface area contributed by atoms with E-state index in [1.165, 1.54) is 0 Å². The summed E-state index contributed by atoms with van der Waals surface area (Å²) in [5, 5.41) is 2.99. The maximum atomic E-state index is 12.1. The van der Waals surface area contributed by atoms with Gasteiger partial charge in [0.25, 0.3) is 0 Å². The number of nitrogens with one attached hydrogen (secondary N) is 1. The van der Waals surface area contributed by atoms with E-state index in [2.05, 4.69) is 24.1 Å². The third kappa shape index (κ3) is 5.61. The van der Waals surface area contributed by atoms with Gasteiger partial charge in [-0.05, 0) is 46.2 Å². The molecule has 0 radical (unpaired) electrons. The zero-order valence-corrected chi connectivity index (χ0v) is 13.2. The topological polar surface area (TPSA) is 58.4 Å². The second kappa shape index (κ2) is 6.75. The van der Waals surface area contributed by atoms with Crippen LogP contribution in [0.5, 0.6) is 0 Å². The van der Waals surface area contributed by atoms with Crippen molar-refractivity contribution in [3.63, 3.8) is 0 Å². The van der Waals surface area contributed by atoms with Gasteiger partial charge in [-0.1, -0.05) is 18.2 Å². The van der Waals surface area contributed by atoms with Gasteiger partial charge in [0.1, 0.15) is 0 Å². The summed E-state index contributed by atoms with van der Waals surface area (Å²) in [5.41, 5.74) is 7.60. The van der Waals surface area contributed by atoms with Gasteiger partial charge in [-0.3, -0.25) is 9.69 Å². The lowest BCUT2D eigenvalue weighted by Gasteiger charge is -2.28. The number of nitrogens with zero attached hydrogens (tertiary/aromatic N) is 1. The van der Waals surface area contributed by atoms with E-state index in [1.54, 1.807) is 0 Å². The fourth-order valence-corrected chi connectivity index (χ4v) is 1.96. The maximum absolute atomic E-state index is 12.1. The van der Waals surface area contributed by atoms with Crippen molar-refractivity contribution in [2.24, 2.45) is 0 Å². The van der Waals surface area contributed by atoms with Gasteiger partial charge in [-0.2, -0.15) is 0 Å². The Hall–Kier alpha value is -1.55. The Morgan fingerprint density at radius 2 is 1.90 bits per heavy atom. The molecule has 4 heteroatoms. The van der Waals surface area contributed by atoms with Crippen LogP contribution in [0.3, 0.4) is 0 Å². The molecule has 1 rings (SSSR count). The Labute approximate surface area is 122 Å². The number of carbonyl (C=O) groups is 1. The van der Waals surface area contributed by atoms with E-state index in [0.29, 0.717) is 13.1 Å². The van der Waals surface area contributed by atoms with Crippen LogP contribution in [-0.2, 0) is 11.3 Å². The predicted molar refractivity (Wildman–Crippen MR) is 84.3 cm³/mol. The standard InChI is InChI=1S/C16H27N3O/c1-12(2)19(11-15(20)18-16(3,4)5)10-13-8-6-7-9-14(13)17/h6-9,12H,10-11,17H2,1-5H3,(H,18,20). The summed E-state index contributed by atoms with van der Waals surface area (Å²) in [6.07, 6.45) is 0. The molecule has 0 saturated heterocycles. The lowest BCUT2D eigenvalue weighted by molar-refractivity contribution is -0.124. The Kier molecular flexibility index (Phi) is 5.57. The molecule has 1 aromatic rings. The Morgan fingerprint density at radius 1 is 1.30 bits per heavy atom. The molecule has 0 atom stereocenters. The normalized spacial score (nSPS) is 11.9. The number of nitrogens with two attached hydrogens (primary N) is 1. The van der Waals surface area contributed by atoms with Crippen molar-refractivity contribution < 1.29 is 4.79 Å². The van der Waals surface area contributed by atoms with E-state index < -0.39 is 0 Å². The van der Waals surface area contributed by atoms with Crippen molar-refractivity contribution in [3.05, 3.63) is 29.8 Å². The van der Waals surface area contributed by atoms with Gasteiger partial charge in [0, 0.05) is 23.8 Å². The quantitative estimate of drug-likeness (QED) is 0.813. The summed E-state index contributed by atoms with van der Waals surface area (Å²) in [5.74, 6) is 0.0423. The van der Waals surface area contributed by atoms with Crippen LogP contribution in [0.4, 0.5) is 5.69 Å². The summed E-state index contributed by atoms with van der Waals surface area (Å²) in [4.78, 5) is 14.2. The SMILES string of the molecule is CC(C)N(CC(=O)NC(C)(C)C)Cc1ccccc1N. The number of carbonyl (C=O) groups excluding carboxylic acids is 1. The van der Waals surface area contributed by atoms with Gasteiger partial charge in [0.05, 0.1) is 6.54 Å². The van der Waals surface area contributed by atoms with Crippen molar-refractivity contribution >= 4 is 11.6 Å². The highest BCUT2D eigenvalue weighted by atomic mass is 16.2. The first kappa shape index (κ1) is 16.5. The lowest BCUT2D eigenvalue weighted by Crippen LogP contribution is -2.47. The average Bonchev–Trinajstić information content (AvgIpc) is 2.28. The van der Waals surface area contributed by atoms with Gasteiger partial charge >= 0.3 is 0 Å². The average molecular weight is 277 g/mol. The summed E-state index contributed by atoms with van der Waals surface area (Å²) in [6, 6.07) is 8.07. The summed E-state index contributed by atoms with van der Waals surface area (Å²) in [7, 11) is 0. The smallest absolute Gasteiger partial charge is 0.234 e. The molecular weight excluding hydrogens is 250 g/mol. The Bertz CT molecular complexity index is 449. The summed E-state index contributed by atoms with van der Waals surface area (Å²) >= 11 is 0. The van der Waals surface area contributed by atoms with E-state index >= 15 is 0 Å². The van der Waals surface area contributed by atoms with Crippen LogP contribution >= 0.6 is 0 Å². The molecular formula is C16H27N3O. The van der Waals surface area contributed by atoms with Crippen LogP contribution in [-0.4, -0.2) is 28.9 Å². The van der Waals surface area contributed by atoms with Crippen molar-refractivity contribution in [1.82, 2.24) is 10.2 Å². The van der Waals surface area contributed by atoms with E-state index in [0.717, 1.165) is 11.3 Å². The number of anilines is 1. The van der Waals surface area contributed by atoms with Gasteiger partial charge in [-0.15, -0.1) is 0 Å². The number of benzene rings is 1. The molecule has 4 nitrogen and oxygen atoms in total. The highest BCUT2D eigenvalue weighted by Crippen LogP contribution is 2.15. The fraction of sp³-hybridized carbons (Fsp3) is 0.562. The first-order valence-corrected chi connectivity index (χ1v) is 7.07. The second-order valence-electron chi connectivity index (χ2n) is 6.50. The van der Waals surface area contributed by atoms with Gasteiger partial charge in [0.15, 0.2) is 0 Å². The Morgan fingerprint density at radius 3 is 2.40 bits per heavy atom. The fourth-order valence-electron chi connectivity index (χ4n) is 1.96. The largest absolute Gasteiger partial charge is 0.398 e. The second-order valence-corrected chi connectivity index (χ2v) is 6.50. The highest BCUT2D eigenvalue weighted by Gasteiger charge is 2.19. The van der Waals surface area contributed by atoms with Crippen LogP contribution in [0.2, 0.25) is 0 Å². The van der Waals surface area contributed by atoms with Crippen molar-refractivity contribution in [1.29, 1.82) is 0 Å². The lowest BCUT2D eigenvalue weighted by atomic mass is 10.1. The first-order chi connectivity index (χ1) is 9.19. The molecule has 0 bridgehead atoms. The number of rotatable bonds is 5. The van der Waals surface area contributed by atoms with E-state index in [-0.39, 0.29) is 17.5 Å². The predicted octanol–water partition coefficient (Wildman–Crippen LogP) is 2.39. The third-order valence-corrected chi connectivity index (χ3v) is 3.02. The number of amides is 1. The molecule has 1 amide bonds. The van der Waals surface area contributed by atoms with Gasteiger partial charge in [-0.25, -0.2) is 0 Å². The van der Waals surface area contributed by atoms with Crippen molar-refractivity contribution in [2.75, 3.05) is 12.3 Å². The van der Waals surface area contributed by atoms with Crippen LogP contribution in [0, 0.1) is 0 Å². The molecule has 0 aliphatic heterocycles. The number of nitrogen functional groups attached to an aromatic ring is 1. The van der Waals surface area contributed by atoms with E-state index in [4.69, 9.17) is 5.73 Å². The molecule has 0 saturated carbocycles. The highest BCUT2D eigenvalue weighted by molar-refractivity contribution is 5.78. The van der Waals surface area contributed by atoms with Gasteiger partial charge < -0.3 is 11.1 Å². The van der Waals surface area contributed by atoms with E-state index in [1.807, 2.05) is 45.0 Å². The molecule has 0 unspecified atom stereocenters. The van der Waals surface area contributed by atoms with Crippen LogP contribution in [0.25, 0.3) is 0 Å². The summed E-state index contributed by atoms with van der Waals surface area (Å²) in [6.45, 7) is 11.2. The van der Waals surface area contributed by atoms with E-state index in [9.17, 15) is 4.79 Å². The first-order valence-electron chi connectivity index (χ1n) is 7.07. The molecule has 20 heavy (non-hydrogen) atoms. The molecule has 0 heterocycles. The molecule has 0 aliphatic carbocycles. The Balaban J connectivity index is 2.71. The third-order valence-electron chi connectivity index (χ3n) is 3.02. The molecule has 0 spiro atoms. The number of hydrogen-bond donors (Lipinski definition) is 2. The van der Waals surface area contributed by atoms with Crippen LogP contribution in [0.1, 0.15) is 40.2 Å². The molecule has 1 aromatic carbocycles. The number of hydrogen-bond acceptors (Lipinski definition) is 3. The minimum absolute atomic E-state index is 0.0423. The monoisotopic (exact) mass is 277 g/mol. The minimum Gasteiger partial charge on any atom is -0.398 e. The maximum Gasteiger partial charge on any atom is 0.234 e. The molecule has 112 valence electrons. The summed E-state index contributed by atoms with van der Waals surface area (Å²) < 4.78 is 0. The number of para-hydroxylation sites is 1. The van der Waals surface area contributed by atoms with Crippen molar-refractivity contribution in [3.8, 4) is 0 Å². The van der Waals surface area contributed by atoms with Crippen LogP contribution < -0.4 is 11.1 Å². The molecule has 3 N–H and O–H groups in total. The van der Waals surface area contributed by atoms with Gasteiger partial charge in [0.2, 0.25) is 5.91 Å². The molecule has 0 aromatic heterocycles. The zero-order chi connectivity index (χ0) is 15.3. The molecule has 0 fully saturated rings. The minimum atomic E-state index is -0.203. The zero-order valence-electron chi connectivity index (χ0n) is 13.2. The molecule has 0 aliphatic rings.